The Bertz CT molecular complexity index is 406. The van der Waals surface area contributed by atoms with E-state index in [1.54, 1.807) is 18.3 Å². The molecular weight excluding hydrogens is 252 g/mol. The lowest BCUT2D eigenvalue weighted by Crippen LogP contribution is -2.22. The molecule has 18 heavy (non-hydrogen) atoms. The number of aromatic nitrogens is 1. The Morgan fingerprint density at radius 3 is 3.17 bits per heavy atom. The Kier molecular flexibility index (Phi) is 4.96. The van der Waals surface area contributed by atoms with E-state index >= 15 is 0 Å². The summed E-state index contributed by atoms with van der Waals surface area (Å²) < 4.78 is 5.58. The van der Waals surface area contributed by atoms with Gasteiger partial charge in [-0.25, -0.2) is 4.98 Å². The minimum atomic E-state index is -0.0426. The number of amides is 1. The Morgan fingerprint density at radius 1 is 1.56 bits per heavy atom. The number of hydrogen-bond acceptors (Lipinski definition) is 3. The highest BCUT2D eigenvalue weighted by molar-refractivity contribution is 6.30. The summed E-state index contributed by atoms with van der Waals surface area (Å²) in [4.78, 5) is 15.7. The van der Waals surface area contributed by atoms with Crippen molar-refractivity contribution in [3.05, 3.63) is 23.4 Å². The Labute approximate surface area is 112 Å². The lowest BCUT2D eigenvalue weighted by molar-refractivity contribution is -0.117. The summed E-state index contributed by atoms with van der Waals surface area (Å²) in [5, 5.41) is 3.30. The number of carbonyl (C=O) groups excluding carboxylic acids is 1. The molecule has 2 rings (SSSR count). The Morgan fingerprint density at radius 2 is 2.44 bits per heavy atom. The van der Waals surface area contributed by atoms with Crippen LogP contribution in [0.2, 0.25) is 5.02 Å². The topological polar surface area (TPSA) is 51.2 Å². The smallest absolute Gasteiger partial charge is 0.225 e. The van der Waals surface area contributed by atoms with Crippen LogP contribution in [0.1, 0.15) is 32.1 Å². The first-order valence-corrected chi connectivity index (χ1v) is 6.65. The fourth-order valence-corrected chi connectivity index (χ4v) is 2.17. The number of halogens is 1. The van der Waals surface area contributed by atoms with Gasteiger partial charge in [-0.15, -0.1) is 0 Å². The first-order chi connectivity index (χ1) is 8.74. The fraction of sp³-hybridized carbons (Fsp3) is 0.538. The molecule has 1 atom stereocenters. The lowest BCUT2D eigenvalue weighted by Gasteiger charge is -2.22. The van der Waals surface area contributed by atoms with E-state index in [1.165, 1.54) is 6.42 Å². The van der Waals surface area contributed by atoms with Crippen LogP contribution in [0.4, 0.5) is 5.82 Å². The monoisotopic (exact) mass is 268 g/mol. The van der Waals surface area contributed by atoms with E-state index in [2.05, 4.69) is 10.3 Å². The first-order valence-electron chi connectivity index (χ1n) is 6.27. The summed E-state index contributed by atoms with van der Waals surface area (Å²) in [5.74, 6) is 0.455. The SMILES string of the molecule is O=C(CCC1CCCCO1)Nc1cc(Cl)ccn1. The first kappa shape index (κ1) is 13.3. The Balaban J connectivity index is 1.74. The van der Waals surface area contributed by atoms with Gasteiger partial charge in [-0.3, -0.25) is 4.79 Å². The summed E-state index contributed by atoms with van der Waals surface area (Å²) in [7, 11) is 0. The van der Waals surface area contributed by atoms with Crippen molar-refractivity contribution in [1.29, 1.82) is 0 Å². The van der Waals surface area contributed by atoms with E-state index in [4.69, 9.17) is 16.3 Å². The maximum absolute atomic E-state index is 11.7. The molecule has 0 saturated carbocycles. The van der Waals surface area contributed by atoms with Crippen molar-refractivity contribution in [3.8, 4) is 0 Å². The van der Waals surface area contributed by atoms with Crippen LogP contribution in [0.3, 0.4) is 0 Å². The second kappa shape index (κ2) is 6.71. The zero-order chi connectivity index (χ0) is 12.8. The molecule has 2 heterocycles. The minimum absolute atomic E-state index is 0.0426. The van der Waals surface area contributed by atoms with Crippen molar-refractivity contribution < 1.29 is 9.53 Å². The molecule has 98 valence electrons. The third-order valence-corrected chi connectivity index (χ3v) is 3.19. The maximum atomic E-state index is 11.7. The van der Waals surface area contributed by atoms with Crippen LogP contribution in [0.25, 0.3) is 0 Å². The molecule has 0 radical (unpaired) electrons. The normalized spacial score (nSPS) is 19.5. The molecule has 1 aromatic rings. The summed E-state index contributed by atoms with van der Waals surface area (Å²) in [6.45, 7) is 0.822. The number of ether oxygens (including phenoxy) is 1. The van der Waals surface area contributed by atoms with Gasteiger partial charge in [-0.05, 0) is 37.8 Å². The van der Waals surface area contributed by atoms with E-state index < -0.39 is 0 Å². The average molecular weight is 269 g/mol. The van der Waals surface area contributed by atoms with Crippen molar-refractivity contribution >= 4 is 23.3 Å². The molecule has 1 N–H and O–H groups in total. The molecule has 1 saturated heterocycles. The maximum Gasteiger partial charge on any atom is 0.225 e. The van der Waals surface area contributed by atoms with Crippen LogP contribution in [0.5, 0.6) is 0 Å². The van der Waals surface area contributed by atoms with E-state index in [-0.39, 0.29) is 12.0 Å². The third-order valence-electron chi connectivity index (χ3n) is 2.96. The van der Waals surface area contributed by atoms with Gasteiger partial charge in [0.15, 0.2) is 0 Å². The van der Waals surface area contributed by atoms with Gasteiger partial charge in [0, 0.05) is 24.2 Å². The van der Waals surface area contributed by atoms with Crippen LogP contribution in [0, 0.1) is 0 Å². The lowest BCUT2D eigenvalue weighted by atomic mass is 10.0. The number of nitrogens with zero attached hydrogens (tertiary/aromatic N) is 1. The molecule has 0 spiro atoms. The second-order valence-electron chi connectivity index (χ2n) is 4.43. The number of anilines is 1. The van der Waals surface area contributed by atoms with Gasteiger partial charge >= 0.3 is 0 Å². The molecule has 0 bridgehead atoms. The van der Waals surface area contributed by atoms with Crippen molar-refractivity contribution in [1.82, 2.24) is 4.98 Å². The molecule has 1 aromatic heterocycles. The third kappa shape index (κ3) is 4.27. The highest BCUT2D eigenvalue weighted by atomic mass is 35.5. The van der Waals surface area contributed by atoms with Gasteiger partial charge in [-0.2, -0.15) is 0 Å². The quantitative estimate of drug-likeness (QED) is 0.913. The molecule has 5 heteroatoms. The minimum Gasteiger partial charge on any atom is -0.378 e. The van der Waals surface area contributed by atoms with Crippen LogP contribution >= 0.6 is 11.6 Å². The van der Waals surface area contributed by atoms with Crippen molar-refractivity contribution in [2.45, 2.75) is 38.2 Å². The predicted molar refractivity (Wildman–Crippen MR) is 70.7 cm³/mol. The summed E-state index contributed by atoms with van der Waals surface area (Å²) >= 11 is 5.82. The van der Waals surface area contributed by atoms with Crippen LogP contribution in [-0.4, -0.2) is 23.6 Å². The molecule has 1 aliphatic rings. The van der Waals surface area contributed by atoms with E-state index in [0.29, 0.717) is 17.3 Å². The van der Waals surface area contributed by atoms with Crippen molar-refractivity contribution in [2.75, 3.05) is 11.9 Å². The molecule has 0 aliphatic carbocycles. The predicted octanol–water partition coefficient (Wildman–Crippen LogP) is 3.02. The van der Waals surface area contributed by atoms with Crippen LogP contribution in [-0.2, 0) is 9.53 Å². The zero-order valence-corrected chi connectivity index (χ0v) is 10.9. The number of pyridine rings is 1. The van der Waals surface area contributed by atoms with Gasteiger partial charge in [-0.1, -0.05) is 11.6 Å². The van der Waals surface area contributed by atoms with Gasteiger partial charge in [0.2, 0.25) is 5.91 Å². The summed E-state index contributed by atoms with van der Waals surface area (Å²) in [5.41, 5.74) is 0. The molecule has 1 amide bonds. The van der Waals surface area contributed by atoms with Gasteiger partial charge in [0.1, 0.15) is 5.82 Å². The van der Waals surface area contributed by atoms with Crippen molar-refractivity contribution in [3.63, 3.8) is 0 Å². The largest absolute Gasteiger partial charge is 0.378 e. The van der Waals surface area contributed by atoms with Gasteiger partial charge in [0.25, 0.3) is 0 Å². The van der Waals surface area contributed by atoms with E-state index in [9.17, 15) is 4.79 Å². The van der Waals surface area contributed by atoms with Gasteiger partial charge in [0.05, 0.1) is 6.10 Å². The molecule has 0 aromatic carbocycles. The van der Waals surface area contributed by atoms with E-state index in [0.717, 1.165) is 25.9 Å². The Hall–Kier alpha value is -1.13. The molecule has 4 nitrogen and oxygen atoms in total. The van der Waals surface area contributed by atoms with Crippen molar-refractivity contribution in [2.24, 2.45) is 0 Å². The standard InChI is InChI=1S/C13H17ClN2O2/c14-10-6-7-15-12(9-10)16-13(17)5-4-11-3-1-2-8-18-11/h6-7,9,11H,1-5,8H2,(H,15,16,17). The van der Waals surface area contributed by atoms with Gasteiger partial charge < -0.3 is 10.1 Å². The van der Waals surface area contributed by atoms with Crippen LogP contribution in [0.15, 0.2) is 18.3 Å². The average Bonchev–Trinajstić information content (AvgIpc) is 2.38. The molecule has 1 aliphatic heterocycles. The molecular formula is C13H17ClN2O2. The highest BCUT2D eigenvalue weighted by Gasteiger charge is 2.15. The zero-order valence-electron chi connectivity index (χ0n) is 10.2. The summed E-state index contributed by atoms with van der Waals surface area (Å²) in [6, 6.07) is 3.31. The number of rotatable bonds is 4. The number of carbonyl (C=O) groups is 1. The highest BCUT2D eigenvalue weighted by Crippen LogP contribution is 2.17. The van der Waals surface area contributed by atoms with E-state index in [1.807, 2.05) is 0 Å². The number of hydrogen-bond donors (Lipinski definition) is 1. The summed E-state index contributed by atoms with van der Waals surface area (Å²) in [6.07, 6.45) is 6.42. The molecule has 1 fully saturated rings. The second-order valence-corrected chi connectivity index (χ2v) is 4.87. The van der Waals surface area contributed by atoms with Crippen LogP contribution < -0.4 is 5.32 Å². The number of nitrogens with one attached hydrogen (secondary N) is 1. The molecule has 1 unspecified atom stereocenters. The fourth-order valence-electron chi connectivity index (χ4n) is 2.01.